The molecule has 1 aliphatic heterocycles. The Hall–Kier alpha value is -1.62. The standard InChI is InChI=1S/C16H26N4O/c1-11-8-19-15(12(2)16(11)17)10-20-6-4-14(5-7-20)9-18-13(3)21/h8,14H,4-7,9-10H2,1-3H3,(H2,17,19)(H,18,21). The maximum absolute atomic E-state index is 10.9. The first-order valence-electron chi connectivity index (χ1n) is 7.64. The minimum atomic E-state index is 0.0624. The summed E-state index contributed by atoms with van der Waals surface area (Å²) >= 11 is 0. The number of nitrogen functional groups attached to an aromatic ring is 1. The molecule has 5 heteroatoms. The lowest BCUT2D eigenvalue weighted by Crippen LogP contribution is -2.38. The van der Waals surface area contributed by atoms with Crippen LogP contribution in [0, 0.1) is 19.8 Å². The van der Waals surface area contributed by atoms with E-state index < -0.39 is 0 Å². The van der Waals surface area contributed by atoms with E-state index in [1.54, 1.807) is 6.92 Å². The molecule has 1 aromatic rings. The maximum Gasteiger partial charge on any atom is 0.216 e. The fourth-order valence-electron chi connectivity index (χ4n) is 2.80. The van der Waals surface area contributed by atoms with Crippen molar-refractivity contribution in [3.05, 3.63) is 23.0 Å². The number of carbonyl (C=O) groups excluding carboxylic acids is 1. The lowest BCUT2D eigenvalue weighted by Gasteiger charge is -2.32. The Balaban J connectivity index is 1.86. The highest BCUT2D eigenvalue weighted by molar-refractivity contribution is 5.72. The van der Waals surface area contributed by atoms with Crippen LogP contribution in [-0.2, 0) is 11.3 Å². The Morgan fingerprint density at radius 3 is 2.71 bits per heavy atom. The quantitative estimate of drug-likeness (QED) is 0.884. The largest absolute Gasteiger partial charge is 0.398 e. The number of aryl methyl sites for hydroxylation is 1. The molecule has 0 unspecified atom stereocenters. The van der Waals surface area contributed by atoms with Gasteiger partial charge in [0.1, 0.15) is 0 Å². The van der Waals surface area contributed by atoms with Gasteiger partial charge in [-0.3, -0.25) is 14.7 Å². The van der Waals surface area contributed by atoms with Crippen LogP contribution < -0.4 is 11.1 Å². The topological polar surface area (TPSA) is 71.2 Å². The fraction of sp³-hybridized carbons (Fsp3) is 0.625. The van der Waals surface area contributed by atoms with E-state index >= 15 is 0 Å². The van der Waals surface area contributed by atoms with Crippen molar-refractivity contribution in [1.29, 1.82) is 0 Å². The smallest absolute Gasteiger partial charge is 0.216 e. The normalized spacial score (nSPS) is 16.9. The number of piperidine rings is 1. The number of pyridine rings is 1. The highest BCUT2D eigenvalue weighted by atomic mass is 16.1. The predicted molar refractivity (Wildman–Crippen MR) is 84.8 cm³/mol. The second kappa shape index (κ2) is 6.89. The zero-order valence-electron chi connectivity index (χ0n) is 13.3. The number of rotatable bonds is 4. The van der Waals surface area contributed by atoms with Crippen molar-refractivity contribution in [2.45, 2.75) is 40.2 Å². The van der Waals surface area contributed by atoms with Gasteiger partial charge in [0.2, 0.25) is 5.91 Å². The van der Waals surface area contributed by atoms with E-state index in [2.05, 4.69) is 15.2 Å². The molecule has 1 saturated heterocycles. The number of likely N-dealkylation sites (tertiary alicyclic amines) is 1. The molecule has 0 radical (unpaired) electrons. The van der Waals surface area contributed by atoms with E-state index in [-0.39, 0.29) is 5.91 Å². The fourth-order valence-corrected chi connectivity index (χ4v) is 2.80. The van der Waals surface area contributed by atoms with Crippen molar-refractivity contribution in [1.82, 2.24) is 15.2 Å². The van der Waals surface area contributed by atoms with Gasteiger partial charge < -0.3 is 11.1 Å². The highest BCUT2D eigenvalue weighted by Crippen LogP contribution is 2.22. The molecule has 3 N–H and O–H groups in total. The van der Waals surface area contributed by atoms with Crippen LogP contribution in [0.2, 0.25) is 0 Å². The number of anilines is 1. The van der Waals surface area contributed by atoms with Gasteiger partial charge >= 0.3 is 0 Å². The summed E-state index contributed by atoms with van der Waals surface area (Å²) in [5.41, 5.74) is 10.2. The molecular formula is C16H26N4O. The summed E-state index contributed by atoms with van der Waals surface area (Å²) in [6, 6.07) is 0. The van der Waals surface area contributed by atoms with Crippen molar-refractivity contribution in [2.24, 2.45) is 5.92 Å². The van der Waals surface area contributed by atoms with Gasteiger partial charge in [-0.25, -0.2) is 0 Å². The van der Waals surface area contributed by atoms with E-state index in [4.69, 9.17) is 5.73 Å². The van der Waals surface area contributed by atoms with Crippen LogP contribution >= 0.6 is 0 Å². The molecule has 0 spiro atoms. The lowest BCUT2D eigenvalue weighted by atomic mass is 9.96. The molecule has 5 nitrogen and oxygen atoms in total. The Labute approximate surface area is 126 Å². The summed E-state index contributed by atoms with van der Waals surface area (Å²) in [7, 11) is 0. The van der Waals surface area contributed by atoms with Crippen LogP contribution in [0.3, 0.4) is 0 Å². The summed E-state index contributed by atoms with van der Waals surface area (Å²) in [4.78, 5) is 17.9. The first-order chi connectivity index (χ1) is 9.97. The molecule has 0 atom stereocenters. The summed E-state index contributed by atoms with van der Waals surface area (Å²) in [6.07, 6.45) is 4.11. The van der Waals surface area contributed by atoms with Crippen LogP contribution in [0.5, 0.6) is 0 Å². The molecule has 0 bridgehead atoms. The van der Waals surface area contributed by atoms with E-state index in [0.29, 0.717) is 5.92 Å². The number of amides is 1. The van der Waals surface area contributed by atoms with E-state index in [9.17, 15) is 4.79 Å². The molecule has 0 aromatic carbocycles. The number of hydrogen-bond donors (Lipinski definition) is 2. The van der Waals surface area contributed by atoms with E-state index in [1.165, 1.54) is 0 Å². The zero-order valence-corrected chi connectivity index (χ0v) is 13.3. The Morgan fingerprint density at radius 1 is 1.43 bits per heavy atom. The number of nitrogens with one attached hydrogen (secondary N) is 1. The maximum atomic E-state index is 10.9. The first-order valence-corrected chi connectivity index (χ1v) is 7.64. The second-order valence-electron chi connectivity index (χ2n) is 6.08. The molecule has 0 saturated carbocycles. The molecule has 0 aliphatic carbocycles. The Morgan fingerprint density at radius 2 is 2.10 bits per heavy atom. The minimum Gasteiger partial charge on any atom is -0.398 e. The van der Waals surface area contributed by atoms with Gasteiger partial charge in [-0.2, -0.15) is 0 Å². The molecule has 1 amide bonds. The summed E-state index contributed by atoms with van der Waals surface area (Å²) in [6.45, 7) is 9.39. The molecule has 2 heterocycles. The number of nitrogens with zero attached hydrogens (tertiary/aromatic N) is 2. The third kappa shape index (κ3) is 4.17. The van der Waals surface area contributed by atoms with Gasteiger partial charge in [0.15, 0.2) is 0 Å². The van der Waals surface area contributed by atoms with Crippen LogP contribution in [0.25, 0.3) is 0 Å². The van der Waals surface area contributed by atoms with Gasteiger partial charge in [0.05, 0.1) is 5.69 Å². The molecule has 116 valence electrons. The third-order valence-electron chi connectivity index (χ3n) is 4.40. The third-order valence-corrected chi connectivity index (χ3v) is 4.40. The number of carbonyl (C=O) groups is 1. The van der Waals surface area contributed by atoms with Gasteiger partial charge in [0, 0.05) is 31.9 Å². The molecule has 1 aromatic heterocycles. The average molecular weight is 290 g/mol. The Kier molecular flexibility index (Phi) is 5.17. The van der Waals surface area contributed by atoms with Gasteiger partial charge in [-0.15, -0.1) is 0 Å². The summed E-state index contributed by atoms with van der Waals surface area (Å²) in [5.74, 6) is 0.662. The van der Waals surface area contributed by atoms with Crippen molar-refractivity contribution in [2.75, 3.05) is 25.4 Å². The molecule has 1 fully saturated rings. The Bertz CT molecular complexity index is 507. The van der Waals surface area contributed by atoms with Crippen LogP contribution in [0.4, 0.5) is 5.69 Å². The number of hydrogen-bond acceptors (Lipinski definition) is 4. The minimum absolute atomic E-state index is 0.0624. The van der Waals surface area contributed by atoms with Gasteiger partial charge in [-0.1, -0.05) is 0 Å². The first kappa shape index (κ1) is 15.8. The van der Waals surface area contributed by atoms with Crippen LogP contribution in [0.1, 0.15) is 36.6 Å². The molecule has 21 heavy (non-hydrogen) atoms. The monoisotopic (exact) mass is 290 g/mol. The second-order valence-corrected chi connectivity index (χ2v) is 6.08. The summed E-state index contributed by atoms with van der Waals surface area (Å²) in [5, 5.41) is 2.92. The SMILES string of the molecule is CC(=O)NCC1CCN(Cc2ncc(C)c(N)c2C)CC1. The molecular weight excluding hydrogens is 264 g/mol. The van der Waals surface area contributed by atoms with Crippen molar-refractivity contribution in [3.63, 3.8) is 0 Å². The molecule has 1 aliphatic rings. The van der Waals surface area contributed by atoms with Gasteiger partial charge in [-0.05, 0) is 56.8 Å². The lowest BCUT2D eigenvalue weighted by molar-refractivity contribution is -0.119. The van der Waals surface area contributed by atoms with Crippen LogP contribution in [-0.4, -0.2) is 35.4 Å². The van der Waals surface area contributed by atoms with Crippen molar-refractivity contribution >= 4 is 11.6 Å². The van der Waals surface area contributed by atoms with Crippen molar-refractivity contribution in [3.8, 4) is 0 Å². The number of aromatic nitrogens is 1. The zero-order chi connectivity index (χ0) is 15.4. The average Bonchev–Trinajstić information content (AvgIpc) is 2.47. The van der Waals surface area contributed by atoms with Crippen LogP contribution in [0.15, 0.2) is 6.20 Å². The molecule has 2 rings (SSSR count). The summed E-state index contributed by atoms with van der Waals surface area (Å²) < 4.78 is 0. The highest BCUT2D eigenvalue weighted by Gasteiger charge is 2.20. The number of nitrogens with two attached hydrogens (primary N) is 1. The predicted octanol–water partition coefficient (Wildman–Crippen LogP) is 1.63. The van der Waals surface area contributed by atoms with E-state index in [1.807, 2.05) is 20.0 Å². The van der Waals surface area contributed by atoms with Crippen molar-refractivity contribution < 1.29 is 4.79 Å². The van der Waals surface area contributed by atoms with Gasteiger partial charge in [0.25, 0.3) is 0 Å². The van der Waals surface area contributed by atoms with E-state index in [0.717, 1.165) is 61.5 Å².